The van der Waals surface area contributed by atoms with Crippen molar-refractivity contribution in [2.24, 2.45) is 0 Å². The fourth-order valence-electron chi connectivity index (χ4n) is 2.72. The van der Waals surface area contributed by atoms with Gasteiger partial charge in [0.15, 0.2) is 0 Å². The van der Waals surface area contributed by atoms with Crippen LogP contribution in [0.4, 0.5) is 0 Å². The molecule has 0 spiro atoms. The summed E-state index contributed by atoms with van der Waals surface area (Å²) in [5.74, 6) is 0. The molecule has 0 amide bonds. The van der Waals surface area contributed by atoms with Gasteiger partial charge in [-0.15, -0.1) is 34.8 Å². The second-order valence-corrected chi connectivity index (χ2v) is 10.1. The molecule has 1 aliphatic heterocycles. The van der Waals surface area contributed by atoms with Gasteiger partial charge < -0.3 is 0 Å². The van der Waals surface area contributed by atoms with E-state index in [9.17, 15) is 0 Å². The van der Waals surface area contributed by atoms with Crippen LogP contribution in [0.25, 0.3) is 0 Å². The molecule has 4 atom stereocenters. The molecule has 1 fully saturated rings. The van der Waals surface area contributed by atoms with Crippen molar-refractivity contribution in [3.8, 4) is 6.07 Å². The highest BCUT2D eigenvalue weighted by atomic mass is 35.5. The van der Waals surface area contributed by atoms with E-state index in [1.54, 1.807) is 0 Å². The van der Waals surface area contributed by atoms with Gasteiger partial charge in [-0.3, -0.25) is 0 Å². The van der Waals surface area contributed by atoms with E-state index in [2.05, 4.69) is 24.3 Å². The second-order valence-electron chi connectivity index (χ2n) is 4.95. The zero-order valence-electron chi connectivity index (χ0n) is 10.5. The second kappa shape index (κ2) is 6.99. The van der Waals surface area contributed by atoms with Gasteiger partial charge in [0, 0.05) is 11.4 Å². The van der Waals surface area contributed by atoms with E-state index in [1.807, 2.05) is 6.07 Å². The van der Waals surface area contributed by atoms with E-state index in [1.165, 1.54) is 10.8 Å². The monoisotopic (exact) mass is 331 g/mol. The van der Waals surface area contributed by atoms with Crippen molar-refractivity contribution in [3.05, 3.63) is 29.8 Å². The number of nitrogens with zero attached hydrogens (tertiary/aromatic N) is 1. The van der Waals surface area contributed by atoms with Gasteiger partial charge in [0.25, 0.3) is 0 Å². The Bertz CT molecular complexity index is 474. The SMILES string of the molecule is N#CCCc1ccccc1[SiH]1CCC(Cl)C(Cl)C1Cl. The molecule has 1 nitrogen and oxygen atoms in total. The number of hydrogen-bond donors (Lipinski definition) is 0. The summed E-state index contributed by atoms with van der Waals surface area (Å²) >= 11 is 19.1. The van der Waals surface area contributed by atoms with Gasteiger partial charge in [-0.2, -0.15) is 5.26 Å². The molecule has 2 rings (SSSR count). The van der Waals surface area contributed by atoms with Crippen LogP contribution in [0.5, 0.6) is 0 Å². The van der Waals surface area contributed by atoms with Gasteiger partial charge >= 0.3 is 0 Å². The number of halogens is 3. The van der Waals surface area contributed by atoms with Crippen LogP contribution >= 0.6 is 34.8 Å². The standard InChI is InChI=1S/C14H16Cl3NSi/c15-11-7-9-19(14(17)13(11)16)12-6-2-1-4-10(12)5-3-8-18/h1-2,4,6,11,13-14,19H,3,5,7,9H2. The fourth-order valence-corrected chi connectivity index (χ4v) is 8.52. The van der Waals surface area contributed by atoms with Crippen molar-refractivity contribution >= 4 is 48.8 Å². The van der Waals surface area contributed by atoms with E-state index >= 15 is 0 Å². The third-order valence-corrected chi connectivity index (χ3v) is 10.0. The maximum Gasteiger partial charge on any atom is 0.0929 e. The molecule has 0 N–H and O–H groups in total. The molecule has 1 aliphatic rings. The minimum atomic E-state index is -1.32. The van der Waals surface area contributed by atoms with Crippen molar-refractivity contribution in [1.82, 2.24) is 0 Å². The Kier molecular flexibility index (Phi) is 5.59. The predicted molar refractivity (Wildman–Crippen MR) is 85.5 cm³/mol. The first kappa shape index (κ1) is 15.2. The van der Waals surface area contributed by atoms with Crippen molar-refractivity contribution < 1.29 is 0 Å². The lowest BCUT2D eigenvalue weighted by molar-refractivity contribution is 0.727. The molecule has 0 aliphatic carbocycles. The highest BCUT2D eigenvalue weighted by Crippen LogP contribution is 2.31. The number of rotatable bonds is 3. The molecule has 0 radical (unpaired) electrons. The highest BCUT2D eigenvalue weighted by molar-refractivity contribution is 6.82. The molecule has 1 aromatic rings. The number of alkyl halides is 3. The van der Waals surface area contributed by atoms with Gasteiger partial charge in [-0.1, -0.05) is 35.5 Å². The molecule has 1 saturated heterocycles. The first-order valence-electron chi connectivity index (χ1n) is 6.52. The molecule has 1 heterocycles. The minimum absolute atomic E-state index is 0.0128. The predicted octanol–water partition coefficient (Wildman–Crippen LogP) is 3.34. The Morgan fingerprint density at radius 2 is 2.00 bits per heavy atom. The number of nitriles is 1. The smallest absolute Gasteiger partial charge is 0.0929 e. The number of benzene rings is 1. The largest absolute Gasteiger partial charge is 0.198 e. The van der Waals surface area contributed by atoms with Crippen molar-refractivity contribution in [2.75, 3.05) is 0 Å². The summed E-state index contributed by atoms with van der Waals surface area (Å²) in [5, 5.41) is 9.95. The molecular formula is C14H16Cl3NSi. The van der Waals surface area contributed by atoms with Crippen LogP contribution in [-0.2, 0) is 6.42 Å². The van der Waals surface area contributed by atoms with Crippen molar-refractivity contribution in [2.45, 2.75) is 41.1 Å². The van der Waals surface area contributed by atoms with Crippen LogP contribution in [0.1, 0.15) is 18.4 Å². The van der Waals surface area contributed by atoms with Crippen LogP contribution in [0, 0.1) is 11.3 Å². The van der Waals surface area contributed by atoms with E-state index in [0.29, 0.717) is 6.42 Å². The van der Waals surface area contributed by atoms with Gasteiger partial charge in [0.2, 0.25) is 0 Å². The van der Waals surface area contributed by atoms with Crippen LogP contribution in [-0.4, -0.2) is 24.6 Å². The summed E-state index contributed by atoms with van der Waals surface area (Å²) in [5.41, 5.74) is 1.27. The first-order chi connectivity index (χ1) is 9.15. The molecule has 0 bridgehead atoms. The maximum atomic E-state index is 8.75. The molecule has 102 valence electrons. The number of aryl methyl sites for hydroxylation is 1. The zero-order chi connectivity index (χ0) is 13.8. The lowest BCUT2D eigenvalue weighted by Gasteiger charge is -2.34. The zero-order valence-corrected chi connectivity index (χ0v) is 14.0. The van der Waals surface area contributed by atoms with Crippen LogP contribution in [0.3, 0.4) is 0 Å². The van der Waals surface area contributed by atoms with Gasteiger partial charge in [0.1, 0.15) is 0 Å². The quantitative estimate of drug-likeness (QED) is 0.615. The normalized spacial score (nSPS) is 30.8. The van der Waals surface area contributed by atoms with E-state index < -0.39 is 8.80 Å². The summed E-state index contributed by atoms with van der Waals surface area (Å²) in [7, 11) is -1.32. The summed E-state index contributed by atoms with van der Waals surface area (Å²) in [6.45, 7) is 0. The van der Waals surface area contributed by atoms with Crippen molar-refractivity contribution in [1.29, 1.82) is 5.26 Å². The van der Waals surface area contributed by atoms with Crippen molar-refractivity contribution in [3.63, 3.8) is 0 Å². The van der Waals surface area contributed by atoms with Crippen LogP contribution < -0.4 is 5.19 Å². The lowest BCUT2D eigenvalue weighted by Crippen LogP contribution is -2.51. The average Bonchev–Trinajstić information content (AvgIpc) is 2.43. The third kappa shape index (κ3) is 3.47. The Morgan fingerprint density at radius 3 is 2.74 bits per heavy atom. The van der Waals surface area contributed by atoms with Gasteiger partial charge in [0.05, 0.1) is 25.6 Å². The summed E-state index contributed by atoms with van der Waals surface area (Å²) in [6.07, 6.45) is 2.30. The fraction of sp³-hybridized carbons (Fsp3) is 0.500. The maximum absolute atomic E-state index is 8.75. The Balaban J connectivity index is 2.24. The topological polar surface area (TPSA) is 23.8 Å². The summed E-state index contributed by atoms with van der Waals surface area (Å²) in [4.78, 5) is 0. The molecule has 19 heavy (non-hydrogen) atoms. The molecule has 0 saturated carbocycles. The average molecular weight is 333 g/mol. The summed E-state index contributed by atoms with van der Waals surface area (Å²) < 4.78 is 0. The number of hydrogen-bond acceptors (Lipinski definition) is 1. The molecule has 5 heteroatoms. The molecule has 0 aromatic heterocycles. The highest BCUT2D eigenvalue weighted by Gasteiger charge is 2.38. The molecule has 1 aromatic carbocycles. The Hall–Kier alpha value is -0.203. The Labute approximate surface area is 131 Å². The van der Waals surface area contributed by atoms with E-state index in [0.717, 1.165) is 18.9 Å². The minimum Gasteiger partial charge on any atom is -0.198 e. The van der Waals surface area contributed by atoms with Gasteiger partial charge in [-0.25, -0.2) is 0 Å². The van der Waals surface area contributed by atoms with E-state index in [-0.39, 0.29) is 15.8 Å². The Morgan fingerprint density at radius 1 is 1.26 bits per heavy atom. The van der Waals surface area contributed by atoms with Gasteiger partial charge in [-0.05, 0) is 18.4 Å². The third-order valence-electron chi connectivity index (χ3n) is 3.75. The van der Waals surface area contributed by atoms with Crippen LogP contribution in [0.15, 0.2) is 24.3 Å². The lowest BCUT2D eigenvalue weighted by atomic mass is 10.1. The molecule has 4 unspecified atom stereocenters. The first-order valence-corrected chi connectivity index (χ1v) is 9.89. The summed E-state index contributed by atoms with van der Waals surface area (Å²) in [6, 6.07) is 11.7. The van der Waals surface area contributed by atoms with E-state index in [4.69, 9.17) is 40.1 Å². The van der Waals surface area contributed by atoms with Crippen LogP contribution in [0.2, 0.25) is 6.04 Å². The molecular weight excluding hydrogens is 317 g/mol.